The minimum absolute atomic E-state index is 0. The maximum absolute atomic E-state index is 11.7. The van der Waals surface area contributed by atoms with E-state index >= 15 is 0 Å². The maximum Gasteiger partial charge on any atom is 0.217 e. The number of carbonyl (C=O) groups excluding carboxylic acids is 1. The van der Waals surface area contributed by atoms with E-state index in [9.17, 15) is 4.79 Å². The van der Waals surface area contributed by atoms with Gasteiger partial charge in [-0.1, -0.05) is 25.5 Å². The highest BCUT2D eigenvalue weighted by atomic mass is 35.5. The third-order valence-corrected chi connectivity index (χ3v) is 5.04. The van der Waals surface area contributed by atoms with Crippen molar-refractivity contribution < 1.29 is 9.53 Å². The molecule has 0 radical (unpaired) electrons. The number of benzene rings is 1. The molecule has 4 nitrogen and oxygen atoms in total. The lowest BCUT2D eigenvalue weighted by Gasteiger charge is -2.32. The molecule has 1 fully saturated rings. The number of nitrogens with zero attached hydrogens (tertiary/aromatic N) is 1. The summed E-state index contributed by atoms with van der Waals surface area (Å²) in [6.07, 6.45) is 5.95. The first-order chi connectivity index (χ1) is 11.6. The third-order valence-electron chi connectivity index (χ3n) is 5.04. The molecule has 0 aromatic heterocycles. The van der Waals surface area contributed by atoms with Crippen LogP contribution in [0, 0.1) is 0 Å². The van der Waals surface area contributed by atoms with Crippen molar-refractivity contribution in [2.45, 2.75) is 57.9 Å². The first-order valence-corrected chi connectivity index (χ1v) is 9.27. The Morgan fingerprint density at radius 2 is 2.00 bits per heavy atom. The van der Waals surface area contributed by atoms with E-state index in [2.05, 4.69) is 29.3 Å². The first-order valence-electron chi connectivity index (χ1n) is 9.27. The number of nitrogens with one attached hydrogen (secondary N) is 1. The van der Waals surface area contributed by atoms with Crippen molar-refractivity contribution in [1.82, 2.24) is 10.2 Å². The number of hydrogen-bond donors (Lipinski definition) is 1. The molecule has 0 aliphatic carbocycles. The Balaban J connectivity index is 0.00000312. The lowest BCUT2D eigenvalue weighted by molar-refractivity contribution is -0.119. The Bertz CT molecular complexity index is 518. The predicted molar refractivity (Wildman–Crippen MR) is 106 cm³/mol. The molecule has 1 saturated heterocycles. The second kappa shape index (κ2) is 11.4. The van der Waals surface area contributed by atoms with E-state index in [1.807, 2.05) is 12.1 Å². The minimum atomic E-state index is 0. The summed E-state index contributed by atoms with van der Waals surface area (Å²) in [5.74, 6) is 1.25. The monoisotopic (exact) mass is 368 g/mol. The molecule has 1 aromatic carbocycles. The molecule has 0 spiro atoms. The van der Waals surface area contributed by atoms with Crippen LogP contribution in [0.3, 0.4) is 0 Å². The van der Waals surface area contributed by atoms with Gasteiger partial charge in [-0.2, -0.15) is 0 Å². The summed E-state index contributed by atoms with van der Waals surface area (Å²) in [5.41, 5.74) is 1.24. The van der Waals surface area contributed by atoms with Crippen molar-refractivity contribution in [3.05, 3.63) is 29.8 Å². The van der Waals surface area contributed by atoms with Crippen LogP contribution < -0.4 is 10.1 Å². The van der Waals surface area contributed by atoms with E-state index in [4.69, 9.17) is 4.74 Å². The highest BCUT2D eigenvalue weighted by molar-refractivity contribution is 5.85. The van der Waals surface area contributed by atoms with Crippen molar-refractivity contribution in [3.63, 3.8) is 0 Å². The average Bonchev–Trinajstić information content (AvgIpc) is 2.61. The largest absolute Gasteiger partial charge is 0.497 e. The summed E-state index contributed by atoms with van der Waals surface area (Å²) in [7, 11) is 1.70. The predicted octanol–water partition coefficient (Wildman–Crippen LogP) is 3.99. The number of rotatable bonds is 8. The van der Waals surface area contributed by atoms with E-state index < -0.39 is 0 Å². The Kier molecular flexibility index (Phi) is 9.91. The molecular weight excluding hydrogens is 336 g/mol. The van der Waals surface area contributed by atoms with Gasteiger partial charge in [-0.3, -0.25) is 4.79 Å². The summed E-state index contributed by atoms with van der Waals surface area (Å²) in [4.78, 5) is 14.3. The van der Waals surface area contributed by atoms with Crippen LogP contribution >= 0.6 is 12.4 Å². The van der Waals surface area contributed by atoms with Gasteiger partial charge in [0.25, 0.3) is 0 Å². The number of methoxy groups -OCH3 is 1. The highest BCUT2D eigenvalue weighted by Gasteiger charge is 2.24. The third kappa shape index (κ3) is 6.87. The van der Waals surface area contributed by atoms with Gasteiger partial charge in [0.05, 0.1) is 7.11 Å². The van der Waals surface area contributed by atoms with Gasteiger partial charge in [-0.15, -0.1) is 12.4 Å². The quantitative estimate of drug-likeness (QED) is 0.754. The fourth-order valence-electron chi connectivity index (χ4n) is 3.76. The molecular formula is C20H33ClN2O2. The van der Waals surface area contributed by atoms with Gasteiger partial charge in [-0.05, 0) is 56.5 Å². The Morgan fingerprint density at radius 1 is 1.28 bits per heavy atom. The van der Waals surface area contributed by atoms with Crippen LogP contribution in [0.4, 0.5) is 0 Å². The van der Waals surface area contributed by atoms with Crippen LogP contribution in [-0.4, -0.2) is 43.6 Å². The summed E-state index contributed by atoms with van der Waals surface area (Å²) in [6.45, 7) is 7.27. The van der Waals surface area contributed by atoms with Gasteiger partial charge in [0.15, 0.2) is 0 Å². The van der Waals surface area contributed by atoms with Gasteiger partial charge >= 0.3 is 0 Å². The number of hydrogen-bond acceptors (Lipinski definition) is 3. The van der Waals surface area contributed by atoms with Crippen molar-refractivity contribution in [2.24, 2.45) is 0 Å². The molecule has 0 bridgehead atoms. The molecule has 142 valence electrons. The first kappa shape index (κ1) is 21.8. The molecule has 2 rings (SSSR count). The van der Waals surface area contributed by atoms with Gasteiger partial charge in [0, 0.05) is 25.4 Å². The number of halogens is 1. The molecule has 1 aliphatic heterocycles. The number of amides is 1. The molecule has 1 heterocycles. The molecule has 25 heavy (non-hydrogen) atoms. The smallest absolute Gasteiger partial charge is 0.217 e. The Morgan fingerprint density at radius 3 is 2.60 bits per heavy atom. The number of piperidine rings is 1. The zero-order valence-corrected chi connectivity index (χ0v) is 16.6. The molecule has 2 unspecified atom stereocenters. The van der Waals surface area contributed by atoms with E-state index in [0.29, 0.717) is 5.92 Å². The Hall–Kier alpha value is -1.26. The van der Waals surface area contributed by atoms with E-state index in [0.717, 1.165) is 25.1 Å². The lowest BCUT2D eigenvalue weighted by Crippen LogP contribution is -2.41. The highest BCUT2D eigenvalue weighted by Crippen LogP contribution is 2.28. The van der Waals surface area contributed by atoms with Crippen molar-refractivity contribution in [1.29, 1.82) is 0 Å². The van der Waals surface area contributed by atoms with Gasteiger partial charge in [0.1, 0.15) is 5.75 Å². The zero-order valence-electron chi connectivity index (χ0n) is 15.8. The number of likely N-dealkylation sites (tertiary alicyclic amines) is 1. The summed E-state index contributed by atoms with van der Waals surface area (Å²) >= 11 is 0. The van der Waals surface area contributed by atoms with Crippen molar-refractivity contribution in [3.8, 4) is 5.75 Å². The standard InChI is InChI=1S/C20H32N2O2.ClH/c1-4-19(17-9-8-10-18(15-17)24-3)20(21-16(2)23)11-14-22-12-6-5-7-13-22;/h8-10,15,19-20H,4-7,11-14H2,1-3H3,(H,21,23);1H. The Labute approximate surface area is 158 Å². The molecule has 1 aromatic rings. The molecule has 5 heteroatoms. The van der Waals surface area contributed by atoms with Gasteiger partial charge in [0.2, 0.25) is 5.91 Å². The molecule has 2 atom stereocenters. The second-order valence-electron chi connectivity index (χ2n) is 6.79. The topological polar surface area (TPSA) is 41.6 Å². The molecule has 1 amide bonds. The van der Waals surface area contributed by atoms with Gasteiger partial charge < -0.3 is 15.0 Å². The number of carbonyl (C=O) groups is 1. The van der Waals surface area contributed by atoms with Crippen LogP contribution in [0.5, 0.6) is 5.75 Å². The van der Waals surface area contributed by atoms with Crippen LogP contribution in [0.25, 0.3) is 0 Å². The van der Waals surface area contributed by atoms with Crippen molar-refractivity contribution in [2.75, 3.05) is 26.7 Å². The van der Waals surface area contributed by atoms with E-state index in [1.165, 1.54) is 37.9 Å². The molecule has 1 aliphatic rings. The summed E-state index contributed by atoms with van der Waals surface area (Å²) in [6, 6.07) is 8.42. The van der Waals surface area contributed by atoms with Crippen LogP contribution in [0.15, 0.2) is 24.3 Å². The minimum Gasteiger partial charge on any atom is -0.497 e. The van der Waals surface area contributed by atoms with Crippen molar-refractivity contribution >= 4 is 18.3 Å². The SMILES string of the molecule is CCC(c1cccc(OC)c1)C(CCN1CCCCC1)NC(C)=O.Cl. The summed E-state index contributed by atoms with van der Waals surface area (Å²) < 4.78 is 5.37. The average molecular weight is 369 g/mol. The molecule has 0 saturated carbocycles. The summed E-state index contributed by atoms with van der Waals surface area (Å²) in [5, 5.41) is 3.20. The fraction of sp³-hybridized carbons (Fsp3) is 0.650. The number of ether oxygens (including phenoxy) is 1. The normalized spacial score (nSPS) is 17.2. The molecule has 1 N–H and O–H groups in total. The fourth-order valence-corrected chi connectivity index (χ4v) is 3.76. The lowest BCUT2D eigenvalue weighted by atomic mass is 9.87. The van der Waals surface area contributed by atoms with Crippen LogP contribution in [0.1, 0.15) is 57.4 Å². The van der Waals surface area contributed by atoms with Crippen LogP contribution in [-0.2, 0) is 4.79 Å². The maximum atomic E-state index is 11.7. The van der Waals surface area contributed by atoms with Crippen LogP contribution in [0.2, 0.25) is 0 Å². The van der Waals surface area contributed by atoms with E-state index in [1.54, 1.807) is 14.0 Å². The second-order valence-corrected chi connectivity index (χ2v) is 6.79. The van der Waals surface area contributed by atoms with E-state index in [-0.39, 0.29) is 24.4 Å². The zero-order chi connectivity index (χ0) is 17.4. The van der Waals surface area contributed by atoms with Gasteiger partial charge in [-0.25, -0.2) is 0 Å².